The average molecular weight is 325 g/mol. The average Bonchev–Trinajstić information content (AvgIpc) is 3.27. The molecule has 0 aliphatic carbocycles. The molecule has 4 heterocycles. The van der Waals surface area contributed by atoms with Crippen LogP contribution in [-0.2, 0) is 10.3 Å². The second-order valence-corrected chi connectivity index (χ2v) is 6.93. The van der Waals surface area contributed by atoms with Gasteiger partial charge in [-0.05, 0) is 39.7 Å². The van der Waals surface area contributed by atoms with Gasteiger partial charge in [0.25, 0.3) is 0 Å². The number of fused-ring (bicyclic) bond motifs is 1. The fourth-order valence-electron chi connectivity index (χ4n) is 2.90. The first-order chi connectivity index (χ1) is 11.5. The fraction of sp³-hybridized carbons (Fsp3) is 0.412. The SMILES string of the molecule is CC(C)(C)n1nc([C@H]2C[CH]CO2)cc1Nc1nccc2nccn12. The highest BCUT2D eigenvalue weighted by atomic mass is 16.5. The lowest BCUT2D eigenvalue weighted by molar-refractivity contribution is 0.110. The Kier molecular flexibility index (Phi) is 3.53. The zero-order valence-corrected chi connectivity index (χ0v) is 14.1. The summed E-state index contributed by atoms with van der Waals surface area (Å²) in [5.41, 5.74) is 1.63. The molecule has 125 valence electrons. The van der Waals surface area contributed by atoms with Crippen LogP contribution < -0.4 is 5.32 Å². The first-order valence-electron chi connectivity index (χ1n) is 8.11. The van der Waals surface area contributed by atoms with Crippen molar-refractivity contribution >= 4 is 17.4 Å². The maximum absolute atomic E-state index is 5.74. The summed E-state index contributed by atoms with van der Waals surface area (Å²) in [6, 6.07) is 3.92. The van der Waals surface area contributed by atoms with Crippen LogP contribution in [0.5, 0.6) is 0 Å². The maximum Gasteiger partial charge on any atom is 0.214 e. The molecule has 7 heteroatoms. The molecule has 0 saturated carbocycles. The number of ether oxygens (including phenoxy) is 1. The van der Waals surface area contributed by atoms with Crippen LogP contribution in [0.3, 0.4) is 0 Å². The molecule has 1 atom stereocenters. The zero-order chi connectivity index (χ0) is 16.7. The second kappa shape index (κ2) is 5.59. The van der Waals surface area contributed by atoms with E-state index in [0.29, 0.717) is 12.6 Å². The Bertz CT molecular complexity index is 853. The van der Waals surface area contributed by atoms with Gasteiger partial charge in [-0.3, -0.25) is 4.40 Å². The van der Waals surface area contributed by atoms with Crippen molar-refractivity contribution in [3.05, 3.63) is 42.8 Å². The molecular formula is C17H21N6O. The third-order valence-electron chi connectivity index (χ3n) is 4.05. The number of rotatable bonds is 3. The molecule has 0 aromatic carbocycles. The van der Waals surface area contributed by atoms with E-state index in [1.54, 1.807) is 12.4 Å². The van der Waals surface area contributed by atoms with E-state index in [2.05, 4.69) is 42.5 Å². The molecule has 3 aromatic rings. The van der Waals surface area contributed by atoms with Crippen molar-refractivity contribution in [2.24, 2.45) is 0 Å². The van der Waals surface area contributed by atoms with Crippen molar-refractivity contribution in [3.63, 3.8) is 0 Å². The predicted octanol–water partition coefficient (Wildman–Crippen LogP) is 3.09. The molecule has 7 nitrogen and oxygen atoms in total. The molecule has 1 aliphatic heterocycles. The lowest BCUT2D eigenvalue weighted by Gasteiger charge is -2.22. The van der Waals surface area contributed by atoms with Crippen molar-refractivity contribution < 1.29 is 4.74 Å². The van der Waals surface area contributed by atoms with Crippen LogP contribution >= 0.6 is 0 Å². The van der Waals surface area contributed by atoms with E-state index >= 15 is 0 Å². The zero-order valence-electron chi connectivity index (χ0n) is 14.1. The van der Waals surface area contributed by atoms with Crippen LogP contribution in [0, 0.1) is 6.42 Å². The van der Waals surface area contributed by atoms with E-state index in [9.17, 15) is 0 Å². The van der Waals surface area contributed by atoms with E-state index in [0.717, 1.165) is 23.6 Å². The first kappa shape index (κ1) is 15.1. The molecule has 0 unspecified atom stereocenters. The molecule has 1 fully saturated rings. The smallest absolute Gasteiger partial charge is 0.214 e. The minimum atomic E-state index is -0.161. The van der Waals surface area contributed by atoms with E-state index in [4.69, 9.17) is 9.84 Å². The number of imidazole rings is 1. The van der Waals surface area contributed by atoms with E-state index in [1.807, 2.05) is 27.4 Å². The number of anilines is 2. The minimum absolute atomic E-state index is 0.0335. The van der Waals surface area contributed by atoms with Gasteiger partial charge in [-0.15, -0.1) is 0 Å². The van der Waals surface area contributed by atoms with E-state index in [1.165, 1.54) is 0 Å². The third-order valence-corrected chi connectivity index (χ3v) is 4.05. The van der Waals surface area contributed by atoms with Gasteiger partial charge in [0.1, 0.15) is 17.6 Å². The Morgan fingerprint density at radius 1 is 1.25 bits per heavy atom. The van der Waals surface area contributed by atoms with Crippen molar-refractivity contribution in [1.82, 2.24) is 24.1 Å². The Labute approximate surface area is 140 Å². The molecule has 0 bridgehead atoms. The third kappa shape index (κ3) is 2.65. The highest BCUT2D eigenvalue weighted by Crippen LogP contribution is 2.32. The molecule has 24 heavy (non-hydrogen) atoms. The van der Waals surface area contributed by atoms with Crippen LogP contribution in [0.15, 0.2) is 30.7 Å². The van der Waals surface area contributed by atoms with Crippen LogP contribution in [0.2, 0.25) is 0 Å². The van der Waals surface area contributed by atoms with E-state index < -0.39 is 0 Å². The molecule has 1 radical (unpaired) electrons. The summed E-state index contributed by atoms with van der Waals surface area (Å²) in [4.78, 5) is 8.73. The van der Waals surface area contributed by atoms with Crippen LogP contribution in [0.25, 0.3) is 5.65 Å². The van der Waals surface area contributed by atoms with E-state index in [-0.39, 0.29) is 11.6 Å². The van der Waals surface area contributed by atoms with Gasteiger partial charge in [0, 0.05) is 24.7 Å². The first-order valence-corrected chi connectivity index (χ1v) is 8.11. The van der Waals surface area contributed by atoms with Crippen LogP contribution in [0.4, 0.5) is 11.8 Å². The van der Waals surface area contributed by atoms with Crippen LogP contribution in [0.1, 0.15) is 39.0 Å². The number of nitrogens with zero attached hydrogens (tertiary/aromatic N) is 5. The van der Waals surface area contributed by atoms with Crippen molar-refractivity contribution in [1.29, 1.82) is 0 Å². The number of hydrogen-bond donors (Lipinski definition) is 1. The summed E-state index contributed by atoms with van der Waals surface area (Å²) in [7, 11) is 0. The quantitative estimate of drug-likeness (QED) is 0.801. The number of nitrogens with one attached hydrogen (secondary N) is 1. The Balaban J connectivity index is 1.74. The summed E-state index contributed by atoms with van der Waals surface area (Å²) in [5.74, 6) is 1.60. The molecule has 1 saturated heterocycles. The molecular weight excluding hydrogens is 304 g/mol. The van der Waals surface area contributed by atoms with Crippen molar-refractivity contribution in [3.8, 4) is 0 Å². The van der Waals surface area contributed by atoms with Gasteiger partial charge in [0.2, 0.25) is 5.95 Å². The largest absolute Gasteiger partial charge is 0.372 e. The molecule has 4 rings (SSSR count). The van der Waals surface area contributed by atoms with Crippen molar-refractivity contribution in [2.75, 3.05) is 11.9 Å². The van der Waals surface area contributed by atoms with Crippen LogP contribution in [-0.4, -0.2) is 30.8 Å². The van der Waals surface area contributed by atoms with Gasteiger partial charge in [0.15, 0.2) is 0 Å². The summed E-state index contributed by atoms with van der Waals surface area (Å²) >= 11 is 0. The van der Waals surface area contributed by atoms with Gasteiger partial charge in [-0.25, -0.2) is 14.6 Å². The Morgan fingerprint density at radius 2 is 2.12 bits per heavy atom. The second-order valence-electron chi connectivity index (χ2n) is 6.93. The topological polar surface area (TPSA) is 69.3 Å². The standard InChI is InChI=1S/C17H21N6O/c1-17(2,3)23-15(11-12(21-23)13-5-4-10-24-13)20-16-19-7-6-14-18-8-9-22(14)16/h4,6-9,11,13H,5,10H2,1-3H3,(H,19,20)/t13-/m1/s1. The Morgan fingerprint density at radius 3 is 2.88 bits per heavy atom. The molecule has 1 aliphatic rings. The summed E-state index contributed by atoms with van der Waals surface area (Å²) in [6.45, 7) is 7.07. The number of aromatic nitrogens is 5. The van der Waals surface area contributed by atoms with Gasteiger partial charge in [-0.1, -0.05) is 0 Å². The normalized spacial score (nSPS) is 18.4. The lowest BCUT2D eigenvalue weighted by atomic mass is 10.1. The minimum Gasteiger partial charge on any atom is -0.372 e. The maximum atomic E-state index is 5.74. The summed E-state index contributed by atoms with van der Waals surface area (Å²) in [5, 5.41) is 8.18. The summed E-state index contributed by atoms with van der Waals surface area (Å²) < 4.78 is 9.64. The number of hydrogen-bond acceptors (Lipinski definition) is 5. The van der Waals surface area contributed by atoms with Crippen molar-refractivity contribution in [2.45, 2.75) is 38.8 Å². The van der Waals surface area contributed by atoms with Gasteiger partial charge < -0.3 is 10.1 Å². The highest BCUT2D eigenvalue weighted by Gasteiger charge is 2.26. The fourth-order valence-corrected chi connectivity index (χ4v) is 2.90. The summed E-state index contributed by atoms with van der Waals surface area (Å²) in [6.07, 6.45) is 8.47. The van der Waals surface area contributed by atoms with Gasteiger partial charge in [0.05, 0.1) is 17.8 Å². The molecule has 1 N–H and O–H groups in total. The van der Waals surface area contributed by atoms with Gasteiger partial charge in [-0.2, -0.15) is 5.10 Å². The Hall–Kier alpha value is -2.41. The van der Waals surface area contributed by atoms with Gasteiger partial charge >= 0.3 is 0 Å². The highest BCUT2D eigenvalue weighted by molar-refractivity contribution is 5.54. The lowest BCUT2D eigenvalue weighted by Crippen LogP contribution is -2.25. The molecule has 0 spiro atoms. The monoisotopic (exact) mass is 325 g/mol. The predicted molar refractivity (Wildman–Crippen MR) is 91.1 cm³/mol. The molecule has 0 amide bonds. The molecule has 3 aromatic heterocycles.